The Morgan fingerprint density at radius 1 is 1.07 bits per heavy atom. The molecule has 0 bridgehead atoms. The third-order valence-corrected chi connectivity index (χ3v) is 5.05. The zero-order valence-corrected chi connectivity index (χ0v) is 15.7. The zero-order chi connectivity index (χ0) is 18.8. The van der Waals surface area contributed by atoms with Crippen molar-refractivity contribution in [2.75, 3.05) is 6.54 Å². The molecule has 0 saturated heterocycles. The lowest BCUT2D eigenvalue weighted by Gasteiger charge is -2.21. The molecule has 5 heteroatoms. The Kier molecular flexibility index (Phi) is 4.77. The normalized spacial score (nSPS) is 13.4. The Morgan fingerprint density at radius 3 is 2.37 bits per heavy atom. The van der Waals surface area contributed by atoms with E-state index in [1.54, 1.807) is 0 Å². The average molecular weight is 360 g/mol. The van der Waals surface area contributed by atoms with E-state index >= 15 is 0 Å². The van der Waals surface area contributed by atoms with Crippen LogP contribution in [0.15, 0.2) is 48.5 Å². The van der Waals surface area contributed by atoms with E-state index in [2.05, 4.69) is 71.1 Å². The van der Waals surface area contributed by atoms with Gasteiger partial charge in [-0.05, 0) is 25.0 Å². The molecule has 4 rings (SSSR count). The summed E-state index contributed by atoms with van der Waals surface area (Å²) in [5, 5.41) is 13.8. The van der Waals surface area contributed by atoms with Crippen molar-refractivity contribution in [3.63, 3.8) is 0 Å². The molecular formula is C22H24N4O. The Labute approximate surface area is 159 Å². The summed E-state index contributed by atoms with van der Waals surface area (Å²) in [5.41, 5.74) is 6.99. The average Bonchev–Trinajstić information content (AvgIpc) is 3.10. The molecule has 0 spiro atoms. The van der Waals surface area contributed by atoms with Gasteiger partial charge in [-0.1, -0.05) is 59.7 Å². The number of rotatable bonds is 4. The van der Waals surface area contributed by atoms with Gasteiger partial charge in [0.25, 0.3) is 5.91 Å². The summed E-state index contributed by atoms with van der Waals surface area (Å²) in [6, 6.07) is 16.3. The van der Waals surface area contributed by atoms with Crippen molar-refractivity contribution < 1.29 is 4.79 Å². The predicted octanol–water partition coefficient (Wildman–Crippen LogP) is 3.19. The molecule has 1 amide bonds. The zero-order valence-electron chi connectivity index (χ0n) is 15.7. The molecule has 2 aromatic carbocycles. The summed E-state index contributed by atoms with van der Waals surface area (Å²) in [6.07, 6.45) is 0.870. The largest absolute Gasteiger partial charge is 0.340 e. The number of aryl methyl sites for hydroxylation is 2. The Balaban J connectivity index is 1.69. The van der Waals surface area contributed by atoms with Crippen LogP contribution >= 0.6 is 0 Å². The Bertz CT molecular complexity index is 930. The summed E-state index contributed by atoms with van der Waals surface area (Å²) in [4.78, 5) is 13.1. The second-order valence-electron chi connectivity index (χ2n) is 7.19. The van der Waals surface area contributed by atoms with Gasteiger partial charge < -0.3 is 10.6 Å². The van der Waals surface area contributed by atoms with Gasteiger partial charge in [-0.15, -0.1) is 0 Å². The van der Waals surface area contributed by atoms with Crippen LogP contribution in [0, 0.1) is 13.8 Å². The summed E-state index contributed by atoms with van der Waals surface area (Å²) in [6.45, 7) is 5.71. The molecule has 0 saturated carbocycles. The topological polar surface area (TPSA) is 69.8 Å². The first-order chi connectivity index (χ1) is 13.1. The van der Waals surface area contributed by atoms with Gasteiger partial charge in [-0.2, -0.15) is 5.10 Å². The first-order valence-corrected chi connectivity index (χ1v) is 9.32. The van der Waals surface area contributed by atoms with Crippen LogP contribution in [-0.4, -0.2) is 22.6 Å². The highest BCUT2D eigenvalue weighted by Gasteiger charge is 2.25. The van der Waals surface area contributed by atoms with Crippen molar-refractivity contribution in [3.8, 4) is 0 Å². The van der Waals surface area contributed by atoms with Crippen LogP contribution in [0.25, 0.3) is 0 Å². The summed E-state index contributed by atoms with van der Waals surface area (Å²) < 4.78 is 0. The van der Waals surface area contributed by atoms with Gasteiger partial charge >= 0.3 is 0 Å². The van der Waals surface area contributed by atoms with Crippen LogP contribution in [0.2, 0.25) is 0 Å². The van der Waals surface area contributed by atoms with E-state index in [4.69, 9.17) is 0 Å². The number of carbonyl (C=O) groups excluding carboxylic acids is 1. The molecule has 0 radical (unpaired) electrons. The molecule has 27 heavy (non-hydrogen) atoms. The number of fused-ring (bicyclic) bond motifs is 1. The molecule has 0 aliphatic carbocycles. The molecule has 3 aromatic rings. The van der Waals surface area contributed by atoms with E-state index < -0.39 is 0 Å². The number of benzene rings is 2. The van der Waals surface area contributed by atoms with E-state index in [1.807, 2.05) is 12.1 Å². The number of hydrogen-bond donors (Lipinski definition) is 3. The lowest BCUT2D eigenvalue weighted by molar-refractivity contribution is 0.0936. The van der Waals surface area contributed by atoms with Crippen molar-refractivity contribution in [1.82, 2.24) is 20.8 Å². The standard InChI is InChI=1S/C22H24N4O/c1-14-5-3-7-16(11-14)20(17-8-4-6-15(2)12-17)24-22(27)21-18-13-23-10-9-19(18)25-26-21/h3-8,11-12,20,23H,9-10,13H2,1-2H3,(H,24,27)(H,25,26). The van der Waals surface area contributed by atoms with Gasteiger partial charge in [0.1, 0.15) is 0 Å². The maximum atomic E-state index is 13.1. The lowest BCUT2D eigenvalue weighted by atomic mass is 9.95. The van der Waals surface area contributed by atoms with Crippen LogP contribution < -0.4 is 10.6 Å². The molecular weight excluding hydrogens is 336 g/mol. The van der Waals surface area contributed by atoms with E-state index in [9.17, 15) is 4.79 Å². The maximum Gasteiger partial charge on any atom is 0.272 e. The molecule has 1 aliphatic rings. The maximum absolute atomic E-state index is 13.1. The number of hydrogen-bond acceptors (Lipinski definition) is 3. The highest BCUT2D eigenvalue weighted by molar-refractivity contribution is 5.94. The molecule has 138 valence electrons. The fourth-order valence-corrected chi connectivity index (χ4v) is 3.67. The van der Waals surface area contributed by atoms with Crippen molar-refractivity contribution in [1.29, 1.82) is 0 Å². The fourth-order valence-electron chi connectivity index (χ4n) is 3.67. The minimum Gasteiger partial charge on any atom is -0.340 e. The first kappa shape index (κ1) is 17.5. The van der Waals surface area contributed by atoms with Gasteiger partial charge in [0, 0.05) is 30.8 Å². The number of amides is 1. The minimum atomic E-state index is -0.221. The molecule has 0 fully saturated rings. The fraction of sp³-hybridized carbons (Fsp3) is 0.273. The number of nitrogens with one attached hydrogen (secondary N) is 3. The summed E-state index contributed by atoms with van der Waals surface area (Å²) in [5.74, 6) is -0.149. The lowest BCUT2D eigenvalue weighted by Crippen LogP contribution is -2.32. The van der Waals surface area contributed by atoms with Crippen LogP contribution in [0.3, 0.4) is 0 Å². The number of carbonyl (C=O) groups is 1. The smallest absolute Gasteiger partial charge is 0.272 e. The molecule has 3 N–H and O–H groups in total. The summed E-state index contributed by atoms with van der Waals surface area (Å²) >= 11 is 0. The molecule has 0 unspecified atom stereocenters. The van der Waals surface area contributed by atoms with E-state index in [1.165, 1.54) is 11.1 Å². The van der Waals surface area contributed by atoms with Crippen molar-refractivity contribution >= 4 is 5.91 Å². The quantitative estimate of drug-likeness (QED) is 0.669. The number of aromatic amines is 1. The van der Waals surface area contributed by atoms with Crippen LogP contribution in [0.1, 0.15) is 50.0 Å². The Morgan fingerprint density at radius 2 is 1.74 bits per heavy atom. The summed E-state index contributed by atoms with van der Waals surface area (Å²) in [7, 11) is 0. The number of aromatic nitrogens is 2. The number of H-pyrrole nitrogens is 1. The van der Waals surface area contributed by atoms with Gasteiger partial charge in [0.05, 0.1) is 6.04 Å². The van der Waals surface area contributed by atoms with Gasteiger partial charge in [0.2, 0.25) is 0 Å². The highest BCUT2D eigenvalue weighted by Crippen LogP contribution is 2.25. The van der Waals surface area contributed by atoms with Crippen molar-refractivity contribution in [2.24, 2.45) is 0 Å². The minimum absolute atomic E-state index is 0.149. The van der Waals surface area contributed by atoms with Crippen LogP contribution in [-0.2, 0) is 13.0 Å². The first-order valence-electron chi connectivity index (χ1n) is 9.32. The van der Waals surface area contributed by atoms with Gasteiger partial charge in [-0.25, -0.2) is 0 Å². The molecule has 2 heterocycles. The van der Waals surface area contributed by atoms with Gasteiger partial charge in [0.15, 0.2) is 5.69 Å². The van der Waals surface area contributed by atoms with E-state index in [-0.39, 0.29) is 11.9 Å². The van der Waals surface area contributed by atoms with E-state index in [0.29, 0.717) is 12.2 Å². The molecule has 5 nitrogen and oxygen atoms in total. The SMILES string of the molecule is Cc1cccc(C(NC(=O)c2n[nH]c3c2CNCC3)c2cccc(C)c2)c1. The van der Waals surface area contributed by atoms with Crippen molar-refractivity contribution in [3.05, 3.63) is 87.7 Å². The molecule has 0 atom stereocenters. The van der Waals surface area contributed by atoms with E-state index in [0.717, 1.165) is 35.3 Å². The second kappa shape index (κ2) is 7.37. The third-order valence-electron chi connectivity index (χ3n) is 5.05. The van der Waals surface area contributed by atoms with Crippen LogP contribution in [0.4, 0.5) is 0 Å². The predicted molar refractivity (Wildman–Crippen MR) is 106 cm³/mol. The highest BCUT2D eigenvalue weighted by atomic mass is 16.2. The Hall–Kier alpha value is -2.92. The monoisotopic (exact) mass is 360 g/mol. The molecule has 1 aromatic heterocycles. The van der Waals surface area contributed by atoms with Gasteiger partial charge in [-0.3, -0.25) is 9.89 Å². The second-order valence-corrected chi connectivity index (χ2v) is 7.19. The third kappa shape index (κ3) is 3.64. The number of nitrogens with zero attached hydrogens (tertiary/aromatic N) is 1. The molecule has 1 aliphatic heterocycles. The van der Waals surface area contributed by atoms with Crippen molar-refractivity contribution in [2.45, 2.75) is 32.9 Å². The van der Waals surface area contributed by atoms with Crippen LogP contribution in [0.5, 0.6) is 0 Å².